The zero-order chi connectivity index (χ0) is 19.4. The number of benzene rings is 1. The molecule has 3 amide bonds. The molecule has 0 spiro atoms. The minimum Gasteiger partial charge on any atom is -0.371 e. The Bertz CT molecular complexity index is 877. The number of amides is 3. The zero-order valence-electron chi connectivity index (χ0n) is 15.3. The van der Waals surface area contributed by atoms with E-state index in [1.54, 1.807) is 6.07 Å². The van der Waals surface area contributed by atoms with Gasteiger partial charge in [-0.25, -0.2) is 0 Å². The van der Waals surface area contributed by atoms with Crippen LogP contribution in [0.1, 0.15) is 47.7 Å². The van der Waals surface area contributed by atoms with Crippen molar-refractivity contribution in [2.24, 2.45) is 5.92 Å². The number of imide groups is 1. The highest BCUT2D eigenvalue weighted by atomic mass is 16.6. The van der Waals surface area contributed by atoms with Gasteiger partial charge in [0.15, 0.2) is 6.23 Å². The molecule has 4 aliphatic heterocycles. The maximum absolute atomic E-state index is 13.2. The third kappa shape index (κ3) is 2.63. The molecule has 1 aromatic carbocycles. The maximum Gasteiger partial charge on any atom is 0.257 e. The van der Waals surface area contributed by atoms with Gasteiger partial charge in [0.1, 0.15) is 18.4 Å². The number of epoxide rings is 1. The third-order valence-electron chi connectivity index (χ3n) is 6.19. The highest BCUT2D eigenvalue weighted by Gasteiger charge is 2.57. The van der Waals surface area contributed by atoms with E-state index in [1.165, 1.54) is 4.90 Å². The van der Waals surface area contributed by atoms with Gasteiger partial charge in [0.25, 0.3) is 5.91 Å². The fraction of sp³-hybridized carbons (Fsp3) is 0.500. The number of fused-ring (bicyclic) bond motifs is 3. The summed E-state index contributed by atoms with van der Waals surface area (Å²) in [5.41, 5.74) is 2.41. The minimum absolute atomic E-state index is 0.102. The van der Waals surface area contributed by atoms with E-state index in [-0.39, 0.29) is 30.3 Å². The highest BCUT2D eigenvalue weighted by molar-refractivity contribution is 6.05. The molecule has 146 valence electrons. The number of piperidine rings is 2. The number of nitrogens with zero attached hydrogens (tertiary/aromatic N) is 2. The molecule has 8 nitrogen and oxygen atoms in total. The van der Waals surface area contributed by atoms with Gasteiger partial charge in [-0.1, -0.05) is 6.07 Å². The lowest BCUT2D eigenvalue weighted by molar-refractivity contribution is -0.137. The Morgan fingerprint density at radius 2 is 1.89 bits per heavy atom. The number of hydrogen-bond acceptors (Lipinski definition) is 6. The number of aldehydes is 1. The van der Waals surface area contributed by atoms with Gasteiger partial charge in [-0.3, -0.25) is 24.6 Å². The van der Waals surface area contributed by atoms with E-state index in [0.29, 0.717) is 12.0 Å². The molecule has 0 radical (unpaired) electrons. The Morgan fingerprint density at radius 1 is 1.11 bits per heavy atom. The van der Waals surface area contributed by atoms with Gasteiger partial charge in [-0.05, 0) is 31.4 Å². The normalized spacial score (nSPS) is 29.9. The summed E-state index contributed by atoms with van der Waals surface area (Å²) in [6, 6.07) is 4.94. The SMILES string of the molecule is O=CC1CCN(c2cccc3c2C2OC2N(C2CCC(=O)NC2=O)C3=O)CC1. The van der Waals surface area contributed by atoms with E-state index < -0.39 is 18.2 Å². The van der Waals surface area contributed by atoms with Crippen molar-refractivity contribution < 1.29 is 23.9 Å². The average Bonchev–Trinajstić information content (AvgIpc) is 3.49. The molecule has 1 N–H and O–H groups in total. The van der Waals surface area contributed by atoms with Crippen molar-refractivity contribution in [3.63, 3.8) is 0 Å². The molecular weight excluding hydrogens is 362 g/mol. The number of rotatable bonds is 3. The second-order valence-corrected chi connectivity index (χ2v) is 7.83. The van der Waals surface area contributed by atoms with Crippen LogP contribution in [0.2, 0.25) is 0 Å². The quantitative estimate of drug-likeness (QED) is 0.470. The Morgan fingerprint density at radius 3 is 2.61 bits per heavy atom. The minimum atomic E-state index is -0.680. The van der Waals surface area contributed by atoms with Crippen LogP contribution in [0.15, 0.2) is 18.2 Å². The van der Waals surface area contributed by atoms with E-state index in [4.69, 9.17) is 4.74 Å². The van der Waals surface area contributed by atoms with Crippen molar-refractivity contribution in [3.8, 4) is 0 Å². The van der Waals surface area contributed by atoms with E-state index in [9.17, 15) is 19.2 Å². The van der Waals surface area contributed by atoms with Gasteiger partial charge in [-0.2, -0.15) is 0 Å². The van der Waals surface area contributed by atoms with Crippen LogP contribution in [-0.2, 0) is 19.1 Å². The largest absolute Gasteiger partial charge is 0.371 e. The molecule has 4 aliphatic rings. The summed E-state index contributed by atoms with van der Waals surface area (Å²) < 4.78 is 5.85. The third-order valence-corrected chi connectivity index (χ3v) is 6.19. The fourth-order valence-electron chi connectivity index (χ4n) is 4.64. The molecule has 3 saturated heterocycles. The molecule has 0 aliphatic carbocycles. The number of anilines is 1. The van der Waals surface area contributed by atoms with Gasteiger partial charge in [0, 0.05) is 42.2 Å². The second kappa shape index (κ2) is 6.41. The van der Waals surface area contributed by atoms with Gasteiger partial charge in [-0.15, -0.1) is 0 Å². The van der Waals surface area contributed by atoms with Crippen molar-refractivity contribution in [3.05, 3.63) is 29.3 Å². The van der Waals surface area contributed by atoms with E-state index in [2.05, 4.69) is 10.2 Å². The summed E-state index contributed by atoms with van der Waals surface area (Å²) in [6.07, 6.45) is 2.46. The van der Waals surface area contributed by atoms with Gasteiger partial charge in [0.05, 0.1) is 0 Å². The summed E-state index contributed by atoms with van der Waals surface area (Å²) in [5.74, 6) is -0.868. The number of ether oxygens (including phenoxy) is 1. The highest BCUT2D eigenvalue weighted by Crippen LogP contribution is 2.51. The summed E-state index contributed by atoms with van der Waals surface area (Å²) in [4.78, 5) is 51.7. The van der Waals surface area contributed by atoms with E-state index in [0.717, 1.165) is 43.5 Å². The Hall–Kier alpha value is -2.74. The fourth-order valence-corrected chi connectivity index (χ4v) is 4.64. The van der Waals surface area contributed by atoms with Crippen LogP contribution in [0.5, 0.6) is 0 Å². The average molecular weight is 383 g/mol. The molecule has 0 saturated carbocycles. The molecule has 3 unspecified atom stereocenters. The van der Waals surface area contributed by atoms with Crippen molar-refractivity contribution in [1.29, 1.82) is 0 Å². The van der Waals surface area contributed by atoms with Gasteiger partial charge >= 0.3 is 0 Å². The predicted molar refractivity (Wildman–Crippen MR) is 97.4 cm³/mol. The first-order valence-electron chi connectivity index (χ1n) is 9.73. The topological polar surface area (TPSA) is 99.3 Å². The first-order chi connectivity index (χ1) is 13.6. The monoisotopic (exact) mass is 383 g/mol. The Balaban J connectivity index is 1.45. The Kier molecular flexibility index (Phi) is 3.97. The summed E-state index contributed by atoms with van der Waals surface area (Å²) in [7, 11) is 0. The van der Waals surface area contributed by atoms with Crippen molar-refractivity contribution >= 4 is 29.7 Å². The Labute approximate surface area is 161 Å². The van der Waals surface area contributed by atoms with Crippen LogP contribution in [0.25, 0.3) is 0 Å². The molecule has 3 fully saturated rings. The lowest BCUT2D eigenvalue weighted by Crippen LogP contribution is -2.56. The van der Waals surface area contributed by atoms with Crippen molar-refractivity contribution in [2.45, 2.75) is 44.1 Å². The summed E-state index contributed by atoms with van der Waals surface area (Å²) in [6.45, 7) is 1.53. The molecule has 3 atom stereocenters. The number of nitrogens with one attached hydrogen (secondary N) is 1. The molecule has 5 rings (SSSR count). The van der Waals surface area contributed by atoms with E-state index in [1.807, 2.05) is 12.1 Å². The summed E-state index contributed by atoms with van der Waals surface area (Å²) >= 11 is 0. The number of carbonyl (C=O) groups excluding carboxylic acids is 4. The summed E-state index contributed by atoms with van der Waals surface area (Å²) in [5, 5.41) is 2.32. The predicted octanol–water partition coefficient (Wildman–Crippen LogP) is 0.760. The number of carbonyl (C=O) groups is 4. The van der Waals surface area contributed by atoms with Crippen molar-refractivity contribution in [2.75, 3.05) is 18.0 Å². The standard InChI is InChI=1S/C20H21N3O5/c24-10-11-6-8-22(9-7-11)13-3-1-2-12-16(13)17-20(28-17)23(19(12)27)14-4-5-15(25)21-18(14)26/h1-3,10-11,14,17,20H,4-9H2,(H,21,25,26). The lowest BCUT2D eigenvalue weighted by Gasteiger charge is -2.37. The molecular formula is C20H21N3O5. The van der Waals surface area contributed by atoms with Crippen LogP contribution >= 0.6 is 0 Å². The van der Waals surface area contributed by atoms with Crippen LogP contribution in [0, 0.1) is 5.92 Å². The van der Waals surface area contributed by atoms with Crippen LogP contribution < -0.4 is 10.2 Å². The smallest absolute Gasteiger partial charge is 0.257 e. The van der Waals surface area contributed by atoms with Crippen molar-refractivity contribution in [1.82, 2.24) is 10.2 Å². The molecule has 0 bridgehead atoms. The first-order valence-corrected chi connectivity index (χ1v) is 9.73. The van der Waals surface area contributed by atoms with E-state index >= 15 is 0 Å². The lowest BCUT2D eigenvalue weighted by atomic mass is 9.92. The second-order valence-electron chi connectivity index (χ2n) is 7.83. The molecule has 8 heteroatoms. The number of hydrogen-bond donors (Lipinski definition) is 1. The van der Waals surface area contributed by atoms with Crippen LogP contribution in [0.4, 0.5) is 5.69 Å². The molecule has 1 aromatic rings. The molecule has 0 aromatic heterocycles. The maximum atomic E-state index is 13.2. The first kappa shape index (κ1) is 17.4. The van der Waals surface area contributed by atoms with Crippen LogP contribution in [0.3, 0.4) is 0 Å². The zero-order valence-corrected chi connectivity index (χ0v) is 15.3. The van der Waals surface area contributed by atoms with Gasteiger partial charge in [0.2, 0.25) is 11.8 Å². The van der Waals surface area contributed by atoms with Crippen LogP contribution in [-0.4, -0.2) is 54.3 Å². The molecule has 4 heterocycles. The van der Waals surface area contributed by atoms with Gasteiger partial charge < -0.3 is 14.4 Å². The molecule has 28 heavy (non-hydrogen) atoms.